The minimum absolute atomic E-state index is 0.00471. The quantitative estimate of drug-likeness (QED) is 0.0491. The highest BCUT2D eigenvalue weighted by Crippen LogP contribution is 2.19. The smallest absolute Gasteiger partial charge is 0.306 e. The maximum Gasteiger partial charge on any atom is 0.306 e. The van der Waals surface area contributed by atoms with Gasteiger partial charge < -0.3 is 20.1 Å². The standard InChI is InChI=1S/C48H96N2O4/c1-5-9-12-15-20-27-36-45(8-4)53-47(51)39-30-23-18-25-33-42-50(44-35-32-41-49)43-34-26-19-24-31-40-48(52)54-46(37-28-21-16-13-10-6-2)38-29-22-17-14-11-7-3/h45-46H,5-44,49H2,1-4H3. The number of nitrogens with zero attached hydrogens (tertiary/aromatic N) is 1. The van der Waals surface area contributed by atoms with Gasteiger partial charge in [0.15, 0.2) is 0 Å². The van der Waals surface area contributed by atoms with Crippen molar-refractivity contribution in [3.8, 4) is 0 Å². The van der Waals surface area contributed by atoms with Crippen LogP contribution in [0, 0.1) is 0 Å². The number of esters is 2. The topological polar surface area (TPSA) is 81.9 Å². The van der Waals surface area contributed by atoms with E-state index in [0.717, 1.165) is 84.0 Å². The fraction of sp³-hybridized carbons (Fsp3) is 0.958. The molecule has 0 aromatic heterocycles. The first kappa shape index (κ1) is 52.9. The normalized spacial score (nSPS) is 12.2. The lowest BCUT2D eigenvalue weighted by Gasteiger charge is -2.22. The highest BCUT2D eigenvalue weighted by atomic mass is 16.5. The molecule has 0 spiro atoms. The van der Waals surface area contributed by atoms with E-state index < -0.39 is 0 Å². The van der Waals surface area contributed by atoms with Crippen LogP contribution in [-0.2, 0) is 19.1 Å². The third-order valence-electron chi connectivity index (χ3n) is 11.3. The summed E-state index contributed by atoms with van der Waals surface area (Å²) in [5.74, 6) is 0.0389. The predicted molar refractivity (Wildman–Crippen MR) is 234 cm³/mol. The van der Waals surface area contributed by atoms with Crippen molar-refractivity contribution in [2.24, 2.45) is 5.73 Å². The lowest BCUT2D eigenvalue weighted by atomic mass is 10.0. The summed E-state index contributed by atoms with van der Waals surface area (Å²) >= 11 is 0. The molecule has 0 aliphatic carbocycles. The Hall–Kier alpha value is -1.14. The minimum atomic E-state index is 0.00471. The molecule has 54 heavy (non-hydrogen) atoms. The van der Waals surface area contributed by atoms with Crippen LogP contribution in [0.4, 0.5) is 0 Å². The molecule has 1 unspecified atom stereocenters. The molecule has 0 aliphatic heterocycles. The Morgan fingerprint density at radius 2 is 0.722 bits per heavy atom. The van der Waals surface area contributed by atoms with Crippen molar-refractivity contribution in [2.45, 2.75) is 271 Å². The average Bonchev–Trinajstić information content (AvgIpc) is 3.17. The van der Waals surface area contributed by atoms with E-state index in [-0.39, 0.29) is 24.1 Å². The Balaban J connectivity index is 4.19. The van der Waals surface area contributed by atoms with Crippen LogP contribution in [-0.4, -0.2) is 55.2 Å². The maximum atomic E-state index is 12.8. The zero-order chi connectivity index (χ0) is 39.6. The van der Waals surface area contributed by atoms with Crippen LogP contribution < -0.4 is 5.73 Å². The molecule has 0 rings (SSSR count). The van der Waals surface area contributed by atoms with Gasteiger partial charge in [-0.25, -0.2) is 0 Å². The number of carbonyl (C=O) groups is 2. The summed E-state index contributed by atoms with van der Waals surface area (Å²) < 4.78 is 11.9. The van der Waals surface area contributed by atoms with Gasteiger partial charge in [-0.2, -0.15) is 0 Å². The monoisotopic (exact) mass is 765 g/mol. The van der Waals surface area contributed by atoms with E-state index in [1.807, 2.05) is 0 Å². The lowest BCUT2D eigenvalue weighted by molar-refractivity contribution is -0.150. The summed E-state index contributed by atoms with van der Waals surface area (Å²) in [6, 6.07) is 0. The lowest BCUT2D eigenvalue weighted by Crippen LogP contribution is -2.27. The van der Waals surface area contributed by atoms with Gasteiger partial charge in [-0.1, -0.05) is 163 Å². The van der Waals surface area contributed by atoms with Crippen molar-refractivity contribution < 1.29 is 19.1 Å². The number of hydrogen-bond acceptors (Lipinski definition) is 6. The Bertz CT molecular complexity index is 762. The van der Waals surface area contributed by atoms with E-state index in [1.54, 1.807) is 0 Å². The number of hydrogen-bond donors (Lipinski definition) is 1. The van der Waals surface area contributed by atoms with Crippen molar-refractivity contribution in [2.75, 3.05) is 26.2 Å². The summed E-state index contributed by atoms with van der Waals surface area (Å²) in [6.45, 7) is 13.2. The molecule has 0 amide bonds. The van der Waals surface area contributed by atoms with E-state index in [4.69, 9.17) is 15.2 Å². The molecule has 6 nitrogen and oxygen atoms in total. The van der Waals surface area contributed by atoms with Gasteiger partial charge in [0, 0.05) is 12.8 Å². The molecular weight excluding hydrogens is 669 g/mol. The van der Waals surface area contributed by atoms with Crippen LogP contribution >= 0.6 is 0 Å². The summed E-state index contributed by atoms with van der Waals surface area (Å²) in [6.07, 6.45) is 42.3. The molecule has 0 saturated heterocycles. The average molecular weight is 765 g/mol. The first-order chi connectivity index (χ1) is 26.5. The van der Waals surface area contributed by atoms with Gasteiger partial charge in [-0.3, -0.25) is 9.59 Å². The van der Waals surface area contributed by atoms with Gasteiger partial charge in [0.05, 0.1) is 0 Å². The molecule has 0 heterocycles. The number of unbranched alkanes of at least 4 members (excludes halogenated alkanes) is 24. The van der Waals surface area contributed by atoms with Crippen molar-refractivity contribution >= 4 is 11.9 Å². The van der Waals surface area contributed by atoms with E-state index >= 15 is 0 Å². The third kappa shape index (κ3) is 37.8. The van der Waals surface area contributed by atoms with Crippen molar-refractivity contribution in [3.63, 3.8) is 0 Å². The fourth-order valence-corrected chi connectivity index (χ4v) is 7.64. The maximum absolute atomic E-state index is 12.8. The van der Waals surface area contributed by atoms with Crippen LogP contribution in [0.15, 0.2) is 0 Å². The second-order valence-electron chi connectivity index (χ2n) is 16.7. The molecule has 0 fully saturated rings. The number of nitrogens with two attached hydrogens (primary N) is 1. The largest absolute Gasteiger partial charge is 0.462 e. The molecule has 1 atom stereocenters. The molecule has 0 aromatic carbocycles. The summed E-state index contributed by atoms with van der Waals surface area (Å²) in [5.41, 5.74) is 5.80. The van der Waals surface area contributed by atoms with E-state index in [9.17, 15) is 9.59 Å². The van der Waals surface area contributed by atoms with Gasteiger partial charge in [-0.05, 0) is 110 Å². The zero-order valence-corrected chi connectivity index (χ0v) is 37.1. The number of carbonyl (C=O) groups excluding carboxylic acids is 2. The van der Waals surface area contributed by atoms with E-state index in [1.165, 1.54) is 161 Å². The van der Waals surface area contributed by atoms with Gasteiger partial charge in [0.25, 0.3) is 0 Å². The van der Waals surface area contributed by atoms with Crippen LogP contribution in [0.1, 0.15) is 259 Å². The van der Waals surface area contributed by atoms with Gasteiger partial charge in [0.2, 0.25) is 0 Å². The van der Waals surface area contributed by atoms with Crippen LogP contribution in [0.25, 0.3) is 0 Å². The van der Waals surface area contributed by atoms with E-state index in [0.29, 0.717) is 12.8 Å². The second kappa shape index (κ2) is 43.0. The highest BCUT2D eigenvalue weighted by Gasteiger charge is 2.15. The van der Waals surface area contributed by atoms with Crippen LogP contribution in [0.5, 0.6) is 0 Å². The van der Waals surface area contributed by atoms with Crippen LogP contribution in [0.2, 0.25) is 0 Å². The zero-order valence-electron chi connectivity index (χ0n) is 37.1. The molecule has 0 saturated carbocycles. The molecule has 0 radical (unpaired) electrons. The molecule has 322 valence electrons. The van der Waals surface area contributed by atoms with E-state index in [2.05, 4.69) is 32.6 Å². The number of rotatable bonds is 44. The van der Waals surface area contributed by atoms with Gasteiger partial charge in [-0.15, -0.1) is 0 Å². The number of ether oxygens (including phenoxy) is 2. The third-order valence-corrected chi connectivity index (χ3v) is 11.3. The summed E-state index contributed by atoms with van der Waals surface area (Å²) in [4.78, 5) is 27.8. The molecule has 0 bridgehead atoms. The molecular formula is C48H96N2O4. The Kier molecular flexibility index (Phi) is 42.1. The minimum Gasteiger partial charge on any atom is -0.462 e. The van der Waals surface area contributed by atoms with Gasteiger partial charge in [0.1, 0.15) is 12.2 Å². The molecule has 6 heteroatoms. The summed E-state index contributed by atoms with van der Waals surface area (Å²) in [5, 5.41) is 0. The fourth-order valence-electron chi connectivity index (χ4n) is 7.64. The molecule has 0 aliphatic rings. The molecule has 0 aromatic rings. The Morgan fingerprint density at radius 3 is 1.11 bits per heavy atom. The van der Waals surface area contributed by atoms with Crippen molar-refractivity contribution in [1.82, 2.24) is 4.90 Å². The predicted octanol–water partition coefficient (Wildman–Crippen LogP) is 14.2. The van der Waals surface area contributed by atoms with Crippen molar-refractivity contribution in [3.05, 3.63) is 0 Å². The Labute approximate surface area is 338 Å². The molecule has 2 N–H and O–H groups in total. The van der Waals surface area contributed by atoms with Gasteiger partial charge >= 0.3 is 11.9 Å². The summed E-state index contributed by atoms with van der Waals surface area (Å²) in [7, 11) is 0. The first-order valence-electron chi connectivity index (χ1n) is 24.3. The van der Waals surface area contributed by atoms with Crippen molar-refractivity contribution in [1.29, 1.82) is 0 Å². The second-order valence-corrected chi connectivity index (χ2v) is 16.7. The first-order valence-corrected chi connectivity index (χ1v) is 24.3. The Morgan fingerprint density at radius 1 is 0.407 bits per heavy atom. The SMILES string of the molecule is CCCCCCCCC(CC)OC(=O)CCCCCCCN(CCCCN)CCCCCCCC(=O)OC(CCCCCCCC)CCCCCCCC. The van der Waals surface area contributed by atoms with Crippen LogP contribution in [0.3, 0.4) is 0 Å². The highest BCUT2D eigenvalue weighted by molar-refractivity contribution is 5.69.